The third-order valence-corrected chi connectivity index (χ3v) is 2.31. The molecule has 1 aromatic heterocycles. The van der Waals surface area contributed by atoms with E-state index in [1.165, 1.54) is 0 Å². The van der Waals surface area contributed by atoms with Gasteiger partial charge in [-0.15, -0.1) is 15.0 Å². The highest BCUT2D eigenvalue weighted by Crippen LogP contribution is 2.32. The highest BCUT2D eigenvalue weighted by Gasteiger charge is 2.38. The Balaban J connectivity index is 2.48. The van der Waals surface area contributed by atoms with Gasteiger partial charge in [0.15, 0.2) is 5.82 Å². The van der Waals surface area contributed by atoms with E-state index in [2.05, 4.69) is 10.2 Å². The average Bonchev–Trinajstić information content (AvgIpc) is 2.70. The molecule has 2 N–H and O–H groups in total. The smallest absolute Gasteiger partial charge is 0.380 e. The monoisotopic (exact) mass is 296 g/mol. The van der Waals surface area contributed by atoms with E-state index >= 15 is 0 Å². The molecule has 0 aliphatic heterocycles. The first kappa shape index (κ1) is 14.2. The minimum absolute atomic E-state index is 0.276. The predicted molar refractivity (Wildman–Crippen MR) is 55.8 cm³/mol. The first-order valence-corrected chi connectivity index (χ1v) is 5.06. The molecule has 0 aliphatic carbocycles. The molecule has 0 atom stereocenters. The Morgan fingerprint density at radius 1 is 0.950 bits per heavy atom. The van der Waals surface area contributed by atoms with Gasteiger partial charge in [-0.3, -0.25) is 0 Å². The van der Waals surface area contributed by atoms with Crippen LogP contribution in [0.15, 0.2) is 24.3 Å². The number of anilines is 1. The normalized spacial score (nSPS) is 12.7. The number of hydrogen-bond acceptors (Lipinski definition) is 3. The first-order valence-electron chi connectivity index (χ1n) is 5.06. The Hall–Kier alpha value is -2.26. The van der Waals surface area contributed by atoms with Crippen LogP contribution in [0.5, 0.6) is 0 Å². The zero-order valence-electron chi connectivity index (χ0n) is 9.50. The summed E-state index contributed by atoms with van der Waals surface area (Å²) in [6.07, 6.45) is -9.45. The molecular weight excluding hydrogens is 290 g/mol. The zero-order valence-corrected chi connectivity index (χ0v) is 9.50. The first-order chi connectivity index (χ1) is 9.09. The molecule has 2 rings (SSSR count). The largest absolute Gasteiger partial charge is 0.438 e. The number of alkyl halides is 6. The standard InChI is InChI=1S/C10H6F6N4/c11-9(12,13)5-2-1-3-6(4-5)20-18-7(8(17)19-20)10(14,15)16/h1-4H,(H2,17,19). The fourth-order valence-corrected chi connectivity index (χ4v) is 1.44. The number of rotatable bonds is 1. The van der Waals surface area contributed by atoms with Gasteiger partial charge in [0.1, 0.15) is 0 Å². The number of nitrogen functional groups attached to an aromatic ring is 1. The molecule has 0 saturated carbocycles. The molecular formula is C10H6F6N4. The van der Waals surface area contributed by atoms with Crippen LogP contribution in [0.25, 0.3) is 5.69 Å². The Morgan fingerprint density at radius 3 is 2.10 bits per heavy atom. The molecule has 0 bridgehead atoms. The summed E-state index contributed by atoms with van der Waals surface area (Å²) in [5, 5.41) is 6.33. The van der Waals surface area contributed by atoms with Crippen molar-refractivity contribution in [3.8, 4) is 5.69 Å². The van der Waals surface area contributed by atoms with Crippen LogP contribution in [0, 0.1) is 0 Å². The molecule has 0 saturated heterocycles. The molecule has 20 heavy (non-hydrogen) atoms. The summed E-state index contributed by atoms with van der Waals surface area (Å²) < 4.78 is 74.9. The molecule has 2 aromatic rings. The Morgan fingerprint density at radius 2 is 1.60 bits per heavy atom. The minimum Gasteiger partial charge on any atom is -0.380 e. The Bertz CT molecular complexity index is 627. The lowest BCUT2D eigenvalue weighted by molar-refractivity contribution is -0.141. The van der Waals surface area contributed by atoms with Gasteiger partial charge in [-0.05, 0) is 18.2 Å². The summed E-state index contributed by atoms with van der Waals surface area (Å²) in [7, 11) is 0. The molecule has 1 aromatic carbocycles. The molecule has 0 unspecified atom stereocenters. The third kappa shape index (κ3) is 2.68. The summed E-state index contributed by atoms with van der Waals surface area (Å²) in [5.41, 5.74) is 2.30. The fraction of sp³-hybridized carbons (Fsp3) is 0.200. The van der Waals surface area contributed by atoms with Crippen LogP contribution in [-0.4, -0.2) is 15.0 Å². The summed E-state index contributed by atoms with van der Waals surface area (Å²) in [6, 6.07) is 3.57. The molecule has 0 amide bonds. The molecule has 10 heteroatoms. The van der Waals surface area contributed by atoms with Gasteiger partial charge in [0.2, 0.25) is 5.69 Å². The van der Waals surface area contributed by atoms with Gasteiger partial charge in [-0.1, -0.05) is 6.07 Å². The maximum Gasteiger partial charge on any atom is 0.438 e. The summed E-state index contributed by atoms with van der Waals surface area (Å²) in [6.45, 7) is 0. The van der Waals surface area contributed by atoms with E-state index in [1.54, 1.807) is 0 Å². The second kappa shape index (κ2) is 4.39. The molecule has 0 spiro atoms. The average molecular weight is 296 g/mol. The highest BCUT2D eigenvalue weighted by molar-refractivity contribution is 5.40. The van der Waals surface area contributed by atoms with Crippen molar-refractivity contribution in [1.29, 1.82) is 0 Å². The Labute approximate surface area is 107 Å². The molecule has 108 valence electrons. The van der Waals surface area contributed by atoms with Crippen molar-refractivity contribution < 1.29 is 26.3 Å². The van der Waals surface area contributed by atoms with Gasteiger partial charge in [-0.2, -0.15) is 26.3 Å². The van der Waals surface area contributed by atoms with Gasteiger partial charge in [0, 0.05) is 0 Å². The highest BCUT2D eigenvalue weighted by atomic mass is 19.4. The van der Waals surface area contributed by atoms with Crippen molar-refractivity contribution in [2.24, 2.45) is 0 Å². The molecule has 0 aliphatic rings. The van der Waals surface area contributed by atoms with Crippen molar-refractivity contribution in [3.05, 3.63) is 35.5 Å². The van der Waals surface area contributed by atoms with Crippen LogP contribution < -0.4 is 5.73 Å². The van der Waals surface area contributed by atoms with Crippen LogP contribution in [0.3, 0.4) is 0 Å². The number of nitrogens with two attached hydrogens (primary N) is 1. The van der Waals surface area contributed by atoms with Gasteiger partial charge >= 0.3 is 12.4 Å². The van der Waals surface area contributed by atoms with Crippen molar-refractivity contribution in [3.63, 3.8) is 0 Å². The summed E-state index contributed by atoms with van der Waals surface area (Å²) >= 11 is 0. The van der Waals surface area contributed by atoms with E-state index < -0.39 is 29.4 Å². The van der Waals surface area contributed by atoms with E-state index in [4.69, 9.17) is 5.73 Å². The van der Waals surface area contributed by atoms with Gasteiger partial charge in [0.25, 0.3) is 0 Å². The lowest BCUT2D eigenvalue weighted by Crippen LogP contribution is -2.10. The van der Waals surface area contributed by atoms with Crippen molar-refractivity contribution in [1.82, 2.24) is 15.0 Å². The van der Waals surface area contributed by atoms with Crippen molar-refractivity contribution in [2.45, 2.75) is 12.4 Å². The summed E-state index contributed by atoms with van der Waals surface area (Å²) in [5.74, 6) is -0.907. The third-order valence-electron chi connectivity index (χ3n) is 2.31. The number of hydrogen-bond donors (Lipinski definition) is 1. The molecule has 0 radical (unpaired) electrons. The van der Waals surface area contributed by atoms with Crippen LogP contribution in [0.2, 0.25) is 0 Å². The molecule has 1 heterocycles. The van der Waals surface area contributed by atoms with Crippen LogP contribution in [-0.2, 0) is 12.4 Å². The topological polar surface area (TPSA) is 56.7 Å². The predicted octanol–water partition coefficient (Wildman–Crippen LogP) is 2.89. The quantitative estimate of drug-likeness (QED) is 0.823. The summed E-state index contributed by atoms with van der Waals surface area (Å²) in [4.78, 5) is 0.410. The number of nitrogens with zero attached hydrogens (tertiary/aromatic N) is 3. The maximum absolute atomic E-state index is 12.5. The van der Waals surface area contributed by atoms with E-state index in [1.807, 2.05) is 0 Å². The lowest BCUT2D eigenvalue weighted by Gasteiger charge is -2.07. The van der Waals surface area contributed by atoms with Crippen LogP contribution >= 0.6 is 0 Å². The van der Waals surface area contributed by atoms with E-state index in [-0.39, 0.29) is 5.69 Å². The van der Waals surface area contributed by atoms with Crippen LogP contribution in [0.1, 0.15) is 11.3 Å². The Kier molecular flexibility index (Phi) is 3.11. The molecule has 4 nitrogen and oxygen atoms in total. The van der Waals surface area contributed by atoms with Crippen molar-refractivity contribution in [2.75, 3.05) is 5.73 Å². The number of benzene rings is 1. The van der Waals surface area contributed by atoms with Gasteiger partial charge in [-0.25, -0.2) is 0 Å². The van der Waals surface area contributed by atoms with Crippen LogP contribution in [0.4, 0.5) is 32.2 Å². The van der Waals surface area contributed by atoms with E-state index in [0.29, 0.717) is 10.9 Å². The second-order valence-corrected chi connectivity index (χ2v) is 3.77. The van der Waals surface area contributed by atoms with Gasteiger partial charge in [0.05, 0.1) is 11.3 Å². The van der Waals surface area contributed by atoms with Gasteiger partial charge < -0.3 is 5.73 Å². The molecule has 0 fully saturated rings. The van der Waals surface area contributed by atoms with Crippen molar-refractivity contribution >= 4 is 5.82 Å². The zero-order chi connectivity index (χ0) is 15.1. The lowest BCUT2D eigenvalue weighted by atomic mass is 10.2. The number of halogens is 6. The SMILES string of the molecule is Nc1nn(-c2cccc(C(F)(F)F)c2)nc1C(F)(F)F. The number of aromatic nitrogens is 3. The minimum atomic E-state index is -4.83. The maximum atomic E-state index is 12.5. The van der Waals surface area contributed by atoms with E-state index in [9.17, 15) is 26.3 Å². The van der Waals surface area contributed by atoms with E-state index in [0.717, 1.165) is 18.2 Å². The second-order valence-electron chi connectivity index (χ2n) is 3.77. The fourth-order valence-electron chi connectivity index (χ4n) is 1.44.